The van der Waals surface area contributed by atoms with Crippen molar-refractivity contribution in [1.29, 1.82) is 0 Å². The van der Waals surface area contributed by atoms with E-state index in [1.54, 1.807) is 0 Å². The smallest absolute Gasteiger partial charge is 0.00762 e. The van der Waals surface area contributed by atoms with Crippen molar-refractivity contribution in [3.8, 4) is 0 Å². The fourth-order valence-electron chi connectivity index (χ4n) is 1.24. The number of thiophene rings is 1. The van der Waals surface area contributed by atoms with E-state index in [9.17, 15) is 0 Å². The highest BCUT2D eigenvalue weighted by Gasteiger charge is 2.05. The van der Waals surface area contributed by atoms with Crippen LogP contribution in [0.4, 0.5) is 0 Å². The topological polar surface area (TPSA) is 12.0 Å². The minimum Gasteiger partial charge on any atom is -0.319 e. The molecule has 2 heteroatoms. The van der Waals surface area contributed by atoms with Crippen molar-refractivity contribution in [2.75, 3.05) is 13.6 Å². The Labute approximate surface area is 85.2 Å². The number of hydrogen-bond donors (Lipinski definition) is 1. The first kappa shape index (κ1) is 10.7. The third kappa shape index (κ3) is 3.12. The Morgan fingerprint density at radius 3 is 2.85 bits per heavy atom. The normalized spacial score (nSPS) is 13.2. The third-order valence-corrected chi connectivity index (χ3v) is 3.78. The van der Waals surface area contributed by atoms with E-state index < -0.39 is 0 Å². The maximum atomic E-state index is 3.18. The van der Waals surface area contributed by atoms with E-state index in [-0.39, 0.29) is 0 Å². The van der Waals surface area contributed by atoms with Crippen molar-refractivity contribution in [2.45, 2.75) is 32.6 Å². The van der Waals surface area contributed by atoms with Gasteiger partial charge < -0.3 is 5.32 Å². The van der Waals surface area contributed by atoms with Gasteiger partial charge in [-0.05, 0) is 44.5 Å². The van der Waals surface area contributed by atoms with Crippen LogP contribution >= 0.6 is 11.3 Å². The van der Waals surface area contributed by atoms with Crippen LogP contribution < -0.4 is 5.32 Å². The molecular weight excluding hydrogens is 178 g/mol. The Kier molecular flexibility index (Phi) is 4.46. The second kappa shape index (κ2) is 5.40. The molecule has 0 fully saturated rings. The summed E-state index contributed by atoms with van der Waals surface area (Å²) < 4.78 is 0. The summed E-state index contributed by atoms with van der Waals surface area (Å²) >= 11 is 1.97. The highest BCUT2D eigenvalue weighted by Crippen LogP contribution is 2.26. The first-order chi connectivity index (χ1) is 6.27. The highest BCUT2D eigenvalue weighted by atomic mass is 32.1. The van der Waals surface area contributed by atoms with Crippen LogP contribution in [-0.2, 0) is 6.42 Å². The molecular formula is C11H19NS. The van der Waals surface area contributed by atoms with Gasteiger partial charge in [-0.25, -0.2) is 0 Å². The average molecular weight is 197 g/mol. The summed E-state index contributed by atoms with van der Waals surface area (Å²) in [5.41, 5.74) is 0. The minimum absolute atomic E-state index is 0.730. The number of likely N-dealkylation sites (N-methyl/N-ethyl adjacent to an activating group) is 1. The van der Waals surface area contributed by atoms with Gasteiger partial charge in [0.2, 0.25) is 0 Å². The Morgan fingerprint density at radius 2 is 2.23 bits per heavy atom. The van der Waals surface area contributed by atoms with Crippen molar-refractivity contribution < 1.29 is 0 Å². The zero-order valence-corrected chi connectivity index (χ0v) is 9.58. The van der Waals surface area contributed by atoms with Crippen molar-refractivity contribution in [3.63, 3.8) is 0 Å². The predicted octanol–water partition coefficient (Wildman–Crippen LogP) is 3.02. The van der Waals surface area contributed by atoms with Gasteiger partial charge in [-0.1, -0.05) is 13.8 Å². The van der Waals surface area contributed by atoms with Gasteiger partial charge in [0, 0.05) is 9.75 Å². The summed E-state index contributed by atoms with van der Waals surface area (Å²) in [4.78, 5) is 3.04. The zero-order chi connectivity index (χ0) is 9.68. The minimum atomic E-state index is 0.730. The fourth-order valence-corrected chi connectivity index (χ4v) is 2.39. The molecule has 13 heavy (non-hydrogen) atoms. The van der Waals surface area contributed by atoms with Crippen LogP contribution in [0.1, 0.15) is 35.9 Å². The molecule has 1 rings (SSSR count). The lowest BCUT2D eigenvalue weighted by atomic mass is 10.1. The van der Waals surface area contributed by atoms with E-state index in [4.69, 9.17) is 0 Å². The van der Waals surface area contributed by atoms with Gasteiger partial charge in [0.05, 0.1) is 0 Å². The Hall–Kier alpha value is -0.340. The molecule has 1 nitrogen and oxygen atoms in total. The third-order valence-electron chi connectivity index (χ3n) is 2.40. The number of hydrogen-bond acceptors (Lipinski definition) is 2. The molecule has 1 heterocycles. The number of rotatable bonds is 5. The molecule has 1 N–H and O–H groups in total. The molecule has 0 aliphatic rings. The second-order valence-electron chi connectivity index (χ2n) is 3.47. The summed E-state index contributed by atoms with van der Waals surface area (Å²) in [6.07, 6.45) is 2.41. The van der Waals surface area contributed by atoms with E-state index in [0.717, 1.165) is 18.9 Å². The van der Waals surface area contributed by atoms with Crippen LogP contribution in [0.15, 0.2) is 12.1 Å². The summed E-state index contributed by atoms with van der Waals surface area (Å²) in [5.74, 6) is 0.730. The fraction of sp³-hybridized carbons (Fsp3) is 0.636. The van der Waals surface area contributed by atoms with Gasteiger partial charge in [0.1, 0.15) is 0 Å². The van der Waals surface area contributed by atoms with Gasteiger partial charge >= 0.3 is 0 Å². The van der Waals surface area contributed by atoms with E-state index >= 15 is 0 Å². The second-order valence-corrected chi connectivity index (χ2v) is 4.67. The first-order valence-corrected chi connectivity index (χ1v) is 5.82. The molecule has 0 aliphatic carbocycles. The summed E-state index contributed by atoms with van der Waals surface area (Å²) in [5, 5.41) is 3.18. The predicted molar refractivity (Wildman–Crippen MR) is 60.7 cm³/mol. The lowest BCUT2D eigenvalue weighted by Gasteiger charge is -2.03. The monoisotopic (exact) mass is 197 g/mol. The molecule has 1 aromatic heterocycles. The van der Waals surface area contributed by atoms with Gasteiger partial charge in [0.15, 0.2) is 0 Å². The van der Waals surface area contributed by atoms with E-state index in [0.29, 0.717) is 0 Å². The van der Waals surface area contributed by atoms with E-state index in [1.165, 1.54) is 16.2 Å². The van der Waals surface area contributed by atoms with Crippen LogP contribution in [0, 0.1) is 0 Å². The van der Waals surface area contributed by atoms with Gasteiger partial charge in [-0.3, -0.25) is 0 Å². The standard InChI is InChI=1S/C11H19NS/c1-4-9(2)11-6-5-10(13-11)7-8-12-3/h5-6,9,12H,4,7-8H2,1-3H3. The first-order valence-electron chi connectivity index (χ1n) is 5.01. The summed E-state index contributed by atoms with van der Waals surface area (Å²) in [6, 6.07) is 4.55. The molecule has 1 aromatic rings. The molecule has 0 aliphatic heterocycles. The molecule has 0 spiro atoms. The molecule has 0 amide bonds. The van der Waals surface area contributed by atoms with Crippen molar-refractivity contribution in [1.82, 2.24) is 5.32 Å². The van der Waals surface area contributed by atoms with Crippen LogP contribution in [0.25, 0.3) is 0 Å². The Balaban J connectivity index is 2.53. The van der Waals surface area contributed by atoms with Crippen LogP contribution in [0.3, 0.4) is 0 Å². The summed E-state index contributed by atoms with van der Waals surface area (Å²) in [7, 11) is 2.00. The molecule has 0 saturated heterocycles. The molecule has 0 bridgehead atoms. The lowest BCUT2D eigenvalue weighted by molar-refractivity contribution is 0.748. The van der Waals surface area contributed by atoms with Gasteiger partial charge in [-0.15, -0.1) is 11.3 Å². The zero-order valence-electron chi connectivity index (χ0n) is 8.76. The molecule has 0 radical (unpaired) electrons. The SMILES string of the molecule is CCC(C)c1ccc(CCNC)s1. The molecule has 1 atom stereocenters. The van der Waals surface area contributed by atoms with Crippen LogP contribution in [-0.4, -0.2) is 13.6 Å². The lowest BCUT2D eigenvalue weighted by Crippen LogP contribution is -2.09. The average Bonchev–Trinajstić information content (AvgIpc) is 2.62. The van der Waals surface area contributed by atoms with Gasteiger partial charge in [0.25, 0.3) is 0 Å². The Bertz CT molecular complexity index is 242. The maximum absolute atomic E-state index is 3.18. The van der Waals surface area contributed by atoms with E-state index in [1.807, 2.05) is 18.4 Å². The Morgan fingerprint density at radius 1 is 1.46 bits per heavy atom. The van der Waals surface area contributed by atoms with Crippen molar-refractivity contribution in [2.24, 2.45) is 0 Å². The van der Waals surface area contributed by atoms with Crippen LogP contribution in [0.2, 0.25) is 0 Å². The molecule has 74 valence electrons. The molecule has 0 saturated carbocycles. The molecule has 1 unspecified atom stereocenters. The van der Waals surface area contributed by atoms with Crippen molar-refractivity contribution >= 4 is 11.3 Å². The van der Waals surface area contributed by atoms with Crippen LogP contribution in [0.5, 0.6) is 0 Å². The summed E-state index contributed by atoms with van der Waals surface area (Å²) in [6.45, 7) is 5.63. The highest BCUT2D eigenvalue weighted by molar-refractivity contribution is 7.12. The maximum Gasteiger partial charge on any atom is 0.00762 e. The largest absolute Gasteiger partial charge is 0.319 e. The van der Waals surface area contributed by atoms with E-state index in [2.05, 4.69) is 31.3 Å². The molecule has 0 aromatic carbocycles. The van der Waals surface area contributed by atoms with Gasteiger partial charge in [-0.2, -0.15) is 0 Å². The number of nitrogens with one attached hydrogen (secondary N) is 1. The quantitative estimate of drug-likeness (QED) is 0.765. The van der Waals surface area contributed by atoms with Crippen molar-refractivity contribution in [3.05, 3.63) is 21.9 Å².